The molecule has 9 nitrogen and oxygen atoms in total. The smallest absolute Gasteiger partial charge is 0.262 e. The lowest BCUT2D eigenvalue weighted by Crippen LogP contribution is -2.40. The fraction of sp³-hybridized carbons (Fsp3) is 0.409. The van der Waals surface area contributed by atoms with Gasteiger partial charge in [-0.3, -0.25) is 4.79 Å². The van der Waals surface area contributed by atoms with E-state index >= 15 is 0 Å². The van der Waals surface area contributed by atoms with Crippen LogP contribution in [0.15, 0.2) is 47.4 Å². The number of morpholine rings is 1. The van der Waals surface area contributed by atoms with E-state index in [4.69, 9.17) is 18.9 Å². The molecule has 1 saturated heterocycles. The van der Waals surface area contributed by atoms with Crippen LogP contribution in [0.1, 0.15) is 13.3 Å². The van der Waals surface area contributed by atoms with Crippen molar-refractivity contribution in [2.75, 3.05) is 51.9 Å². The Kier molecular flexibility index (Phi) is 8.32. The maximum absolute atomic E-state index is 12.9. The molecule has 2 aromatic rings. The number of rotatable bonds is 10. The number of ether oxygens (including phenoxy) is 4. The third kappa shape index (κ3) is 6.12. The topological polar surface area (TPSA) is 103 Å². The molecule has 1 fully saturated rings. The minimum absolute atomic E-state index is 0.0686. The van der Waals surface area contributed by atoms with E-state index in [-0.39, 0.29) is 30.3 Å². The second kappa shape index (κ2) is 11.2. The van der Waals surface area contributed by atoms with Gasteiger partial charge in [0.2, 0.25) is 10.0 Å². The molecule has 3 rings (SSSR count). The lowest BCUT2D eigenvalue weighted by atomic mass is 10.3. The van der Waals surface area contributed by atoms with Gasteiger partial charge in [0.15, 0.2) is 6.61 Å². The number of carbonyl (C=O) groups is 1. The van der Waals surface area contributed by atoms with Crippen molar-refractivity contribution in [2.24, 2.45) is 0 Å². The number of methoxy groups -OCH3 is 1. The Hall–Kier alpha value is -2.82. The van der Waals surface area contributed by atoms with Gasteiger partial charge in [-0.15, -0.1) is 0 Å². The standard InChI is InChI=1S/C22H28N2O7S/c1-3-12-30-17-4-6-18(7-5-17)31-16-22(25)23-20-15-19(8-9-21(20)28-2)32(26,27)24-10-13-29-14-11-24/h4-9,15H,3,10-14,16H2,1-2H3,(H,23,25). The van der Waals surface area contributed by atoms with E-state index in [0.717, 1.165) is 12.2 Å². The molecule has 0 radical (unpaired) electrons. The zero-order valence-corrected chi connectivity index (χ0v) is 19.0. The Morgan fingerprint density at radius 2 is 1.72 bits per heavy atom. The largest absolute Gasteiger partial charge is 0.495 e. The molecular weight excluding hydrogens is 436 g/mol. The summed E-state index contributed by atoms with van der Waals surface area (Å²) < 4.78 is 48.7. The zero-order chi connectivity index (χ0) is 23.0. The van der Waals surface area contributed by atoms with Crippen molar-refractivity contribution in [1.29, 1.82) is 0 Å². The average Bonchev–Trinajstić information content (AvgIpc) is 2.82. The van der Waals surface area contributed by atoms with Crippen LogP contribution >= 0.6 is 0 Å². The summed E-state index contributed by atoms with van der Waals surface area (Å²) in [6, 6.07) is 11.3. The molecule has 0 aromatic heterocycles. The number of nitrogens with one attached hydrogen (secondary N) is 1. The second-order valence-corrected chi connectivity index (χ2v) is 8.97. The Balaban J connectivity index is 1.65. The van der Waals surface area contributed by atoms with Crippen LogP contribution < -0.4 is 19.5 Å². The predicted molar refractivity (Wildman–Crippen MR) is 119 cm³/mol. The lowest BCUT2D eigenvalue weighted by Gasteiger charge is -2.26. The minimum atomic E-state index is -3.71. The number of hydrogen-bond donors (Lipinski definition) is 1. The molecule has 0 saturated carbocycles. The van der Waals surface area contributed by atoms with E-state index in [1.54, 1.807) is 24.3 Å². The van der Waals surface area contributed by atoms with E-state index < -0.39 is 15.9 Å². The normalized spacial score (nSPS) is 14.6. The van der Waals surface area contributed by atoms with Gasteiger partial charge < -0.3 is 24.3 Å². The minimum Gasteiger partial charge on any atom is -0.495 e. The Labute approximate surface area is 188 Å². The number of amides is 1. The van der Waals surface area contributed by atoms with Gasteiger partial charge >= 0.3 is 0 Å². The second-order valence-electron chi connectivity index (χ2n) is 7.04. The van der Waals surface area contributed by atoms with Crippen molar-refractivity contribution in [3.05, 3.63) is 42.5 Å². The molecule has 0 aliphatic carbocycles. The number of hydrogen-bond acceptors (Lipinski definition) is 7. The van der Waals surface area contributed by atoms with Crippen LogP contribution in [0.25, 0.3) is 0 Å². The van der Waals surface area contributed by atoms with Crippen LogP contribution in [-0.4, -0.2) is 65.3 Å². The van der Waals surface area contributed by atoms with Gasteiger partial charge in [-0.2, -0.15) is 4.31 Å². The van der Waals surface area contributed by atoms with Gasteiger partial charge in [-0.05, 0) is 48.9 Å². The zero-order valence-electron chi connectivity index (χ0n) is 18.2. The third-order valence-electron chi connectivity index (χ3n) is 4.72. The van der Waals surface area contributed by atoms with E-state index in [1.807, 2.05) is 6.92 Å². The molecular formula is C22H28N2O7S. The summed E-state index contributed by atoms with van der Waals surface area (Å²) >= 11 is 0. The van der Waals surface area contributed by atoms with E-state index in [2.05, 4.69) is 5.32 Å². The molecule has 1 aliphatic rings. The van der Waals surface area contributed by atoms with Gasteiger partial charge in [-0.1, -0.05) is 6.92 Å². The summed E-state index contributed by atoms with van der Waals surface area (Å²) in [5.74, 6) is 1.14. The number of anilines is 1. The summed E-state index contributed by atoms with van der Waals surface area (Å²) in [7, 11) is -2.26. The van der Waals surface area contributed by atoms with E-state index in [0.29, 0.717) is 31.3 Å². The first-order chi connectivity index (χ1) is 15.4. The van der Waals surface area contributed by atoms with E-state index in [1.165, 1.54) is 29.6 Å². The maximum Gasteiger partial charge on any atom is 0.262 e. The summed E-state index contributed by atoms with van der Waals surface area (Å²) in [5, 5.41) is 2.67. The highest BCUT2D eigenvalue weighted by Gasteiger charge is 2.27. The number of sulfonamides is 1. The summed E-state index contributed by atoms with van der Waals surface area (Å²) in [4.78, 5) is 12.5. The van der Waals surface area contributed by atoms with Crippen molar-refractivity contribution >= 4 is 21.6 Å². The summed E-state index contributed by atoms with van der Waals surface area (Å²) in [6.45, 7) is 3.67. The predicted octanol–water partition coefficient (Wildman–Crippen LogP) is 2.52. The highest BCUT2D eigenvalue weighted by Crippen LogP contribution is 2.29. The molecule has 0 spiro atoms. The Morgan fingerprint density at radius 1 is 1.06 bits per heavy atom. The molecule has 1 N–H and O–H groups in total. The highest BCUT2D eigenvalue weighted by atomic mass is 32.2. The van der Waals surface area contributed by atoms with Crippen LogP contribution in [-0.2, 0) is 19.6 Å². The third-order valence-corrected chi connectivity index (χ3v) is 6.61. The molecule has 0 atom stereocenters. The first kappa shape index (κ1) is 23.8. The van der Waals surface area contributed by atoms with Crippen molar-refractivity contribution in [1.82, 2.24) is 4.31 Å². The fourth-order valence-corrected chi connectivity index (χ4v) is 4.50. The fourth-order valence-electron chi connectivity index (χ4n) is 3.07. The first-order valence-corrected chi connectivity index (χ1v) is 11.8. The van der Waals surface area contributed by atoms with Gasteiger partial charge in [0.25, 0.3) is 5.91 Å². The number of benzene rings is 2. The number of carbonyl (C=O) groups excluding carboxylic acids is 1. The molecule has 1 amide bonds. The molecule has 0 unspecified atom stereocenters. The SMILES string of the molecule is CCCOc1ccc(OCC(=O)Nc2cc(S(=O)(=O)N3CCOCC3)ccc2OC)cc1. The van der Waals surface area contributed by atoms with Crippen LogP contribution in [0.4, 0.5) is 5.69 Å². The Bertz CT molecular complexity index is 1000. The maximum atomic E-state index is 12.9. The van der Waals surface area contributed by atoms with Gasteiger partial charge in [0.1, 0.15) is 17.2 Å². The van der Waals surface area contributed by atoms with Gasteiger partial charge in [0.05, 0.1) is 37.5 Å². The molecule has 174 valence electrons. The first-order valence-electron chi connectivity index (χ1n) is 10.4. The van der Waals surface area contributed by atoms with Crippen molar-refractivity contribution in [3.63, 3.8) is 0 Å². The summed E-state index contributed by atoms with van der Waals surface area (Å²) in [5.41, 5.74) is 0.249. The Morgan fingerprint density at radius 3 is 2.34 bits per heavy atom. The van der Waals surface area contributed by atoms with Crippen molar-refractivity contribution in [2.45, 2.75) is 18.2 Å². The average molecular weight is 465 g/mol. The molecule has 1 aliphatic heterocycles. The summed E-state index contributed by atoms with van der Waals surface area (Å²) in [6.07, 6.45) is 0.914. The quantitative estimate of drug-likeness (QED) is 0.576. The molecule has 2 aromatic carbocycles. The molecule has 32 heavy (non-hydrogen) atoms. The number of nitrogens with zero attached hydrogens (tertiary/aromatic N) is 1. The van der Waals surface area contributed by atoms with Crippen LogP contribution in [0.5, 0.6) is 17.2 Å². The molecule has 0 bridgehead atoms. The lowest BCUT2D eigenvalue weighted by molar-refractivity contribution is -0.118. The van der Waals surface area contributed by atoms with Crippen LogP contribution in [0.3, 0.4) is 0 Å². The monoisotopic (exact) mass is 464 g/mol. The van der Waals surface area contributed by atoms with Gasteiger partial charge in [0, 0.05) is 13.1 Å². The van der Waals surface area contributed by atoms with Crippen LogP contribution in [0.2, 0.25) is 0 Å². The van der Waals surface area contributed by atoms with Crippen molar-refractivity contribution in [3.8, 4) is 17.2 Å². The highest BCUT2D eigenvalue weighted by molar-refractivity contribution is 7.89. The van der Waals surface area contributed by atoms with Crippen LogP contribution in [0, 0.1) is 0 Å². The van der Waals surface area contributed by atoms with E-state index in [9.17, 15) is 13.2 Å². The molecule has 10 heteroatoms. The van der Waals surface area contributed by atoms with Gasteiger partial charge in [-0.25, -0.2) is 8.42 Å². The van der Waals surface area contributed by atoms with Crippen molar-refractivity contribution < 1.29 is 32.2 Å². The molecule has 1 heterocycles.